The normalized spacial score (nSPS) is 24.6. The van der Waals surface area contributed by atoms with Gasteiger partial charge in [0.25, 0.3) is 0 Å². The number of allylic oxidation sites excluding steroid dienone is 3. The summed E-state index contributed by atoms with van der Waals surface area (Å²) in [7, 11) is -5.49. The van der Waals surface area contributed by atoms with Gasteiger partial charge in [-0.1, -0.05) is 44.1 Å². The predicted octanol–water partition coefficient (Wildman–Crippen LogP) is 6.07. The van der Waals surface area contributed by atoms with Gasteiger partial charge in [-0.2, -0.15) is 0 Å². The zero-order chi connectivity index (χ0) is 18.5. The molecular weight excluding hydrogens is 346 g/mol. The summed E-state index contributed by atoms with van der Waals surface area (Å²) in [6.07, 6.45) is 7.04. The first-order valence-corrected chi connectivity index (χ1v) is 10.5. The quantitative estimate of drug-likeness (QED) is 0.370. The van der Waals surface area contributed by atoms with Gasteiger partial charge in [0.05, 0.1) is 0 Å². The van der Waals surface area contributed by atoms with Crippen molar-refractivity contribution in [3.8, 4) is 0 Å². The van der Waals surface area contributed by atoms with Gasteiger partial charge in [0, 0.05) is 9.13 Å². The van der Waals surface area contributed by atoms with E-state index in [1.54, 1.807) is 6.92 Å². The second-order valence-corrected chi connectivity index (χ2v) is 9.47. The molecule has 0 aromatic carbocycles. The molecule has 1 rings (SSSR count). The molecule has 5 unspecified atom stereocenters. The zero-order valence-electron chi connectivity index (χ0n) is 15.5. The molecule has 0 heterocycles. The van der Waals surface area contributed by atoms with Gasteiger partial charge in [-0.25, -0.2) is 0 Å². The van der Waals surface area contributed by atoms with Crippen molar-refractivity contribution in [2.45, 2.75) is 66.9 Å². The first-order chi connectivity index (χ1) is 11.0. The summed E-state index contributed by atoms with van der Waals surface area (Å²) in [6.45, 7) is 12.7. The Morgan fingerprint density at radius 2 is 1.96 bits per heavy atom. The molecule has 0 spiro atoms. The topological polar surface area (TPSA) is 72.8 Å². The van der Waals surface area contributed by atoms with Crippen LogP contribution < -0.4 is 0 Å². The maximum absolute atomic E-state index is 11.3. The van der Waals surface area contributed by atoms with Crippen molar-refractivity contribution in [3.05, 3.63) is 23.3 Å². The van der Waals surface area contributed by atoms with Crippen LogP contribution in [0.2, 0.25) is 0 Å². The molecule has 7 heteroatoms. The lowest BCUT2D eigenvalue weighted by molar-refractivity contribution is 0.243. The summed E-state index contributed by atoms with van der Waals surface area (Å²) in [5.74, 6) is 1.61. The van der Waals surface area contributed by atoms with Crippen LogP contribution in [0, 0.1) is 17.3 Å². The molecule has 24 heavy (non-hydrogen) atoms. The molecule has 136 valence electrons. The first kappa shape index (κ1) is 21.6. The third kappa shape index (κ3) is 8.60. The van der Waals surface area contributed by atoms with E-state index >= 15 is 0 Å². The minimum absolute atomic E-state index is 0.132. The molecule has 0 aromatic heterocycles. The summed E-state index contributed by atoms with van der Waals surface area (Å²) in [6, 6.07) is 0. The van der Waals surface area contributed by atoms with E-state index in [-0.39, 0.29) is 5.41 Å². The first-order valence-electron chi connectivity index (χ1n) is 8.32. The summed E-state index contributed by atoms with van der Waals surface area (Å²) >= 11 is 0. The lowest BCUT2D eigenvalue weighted by Crippen LogP contribution is -2.12. The van der Waals surface area contributed by atoms with Gasteiger partial charge in [0.15, 0.2) is 4.31 Å². The third-order valence-corrected chi connectivity index (χ3v) is 5.93. The fourth-order valence-corrected chi connectivity index (χ4v) is 4.02. The average molecular weight is 376 g/mol. The van der Waals surface area contributed by atoms with E-state index < -0.39 is 22.6 Å². The molecule has 5 atom stereocenters. The van der Waals surface area contributed by atoms with E-state index in [0.29, 0.717) is 0 Å². The molecule has 1 fully saturated rings. The Bertz CT molecular complexity index is 539. The van der Waals surface area contributed by atoms with Crippen molar-refractivity contribution in [1.82, 2.24) is 0 Å². The van der Waals surface area contributed by atoms with Gasteiger partial charge >= 0.3 is 16.5 Å². The highest BCUT2D eigenvalue weighted by Gasteiger charge is 2.38. The molecule has 1 aliphatic carbocycles. The molecule has 1 saturated carbocycles. The SMILES string of the molecule is CC(=CC(C)O[P+](=O)O[P+](=O)O)CC(C)(C)CC=C(C)C1CC1C. The molecule has 0 saturated heterocycles. The Morgan fingerprint density at radius 1 is 1.38 bits per heavy atom. The maximum atomic E-state index is 11.3. The minimum Gasteiger partial charge on any atom is -0.131 e. The van der Waals surface area contributed by atoms with Crippen LogP contribution in [-0.4, -0.2) is 11.0 Å². The second-order valence-electron chi connectivity index (χ2n) is 7.68. The second kappa shape index (κ2) is 9.31. The van der Waals surface area contributed by atoms with Crippen LogP contribution in [-0.2, 0) is 18.0 Å². The maximum Gasteiger partial charge on any atom is 0.748 e. The van der Waals surface area contributed by atoms with Gasteiger partial charge in [-0.15, -0.1) is 9.42 Å². The Kier molecular flexibility index (Phi) is 8.38. The highest BCUT2D eigenvalue weighted by atomic mass is 31.2. The molecule has 0 aromatic rings. The van der Waals surface area contributed by atoms with E-state index in [2.05, 4.69) is 38.1 Å². The van der Waals surface area contributed by atoms with Crippen LogP contribution in [0.5, 0.6) is 0 Å². The summed E-state index contributed by atoms with van der Waals surface area (Å²) in [4.78, 5) is 8.54. The van der Waals surface area contributed by atoms with Crippen molar-refractivity contribution in [1.29, 1.82) is 0 Å². The summed E-state index contributed by atoms with van der Waals surface area (Å²) < 4.78 is 31.0. The Hall–Kier alpha value is -0.440. The summed E-state index contributed by atoms with van der Waals surface area (Å²) in [5, 5.41) is 0. The highest BCUT2D eigenvalue weighted by molar-refractivity contribution is 7.47. The predicted molar refractivity (Wildman–Crippen MR) is 96.9 cm³/mol. The fraction of sp³-hybridized carbons (Fsp3) is 0.765. The van der Waals surface area contributed by atoms with Gasteiger partial charge in [-0.05, 0) is 57.3 Å². The third-order valence-electron chi connectivity index (χ3n) is 4.34. The Balaban J connectivity index is 2.49. The van der Waals surface area contributed by atoms with Crippen molar-refractivity contribution in [2.75, 3.05) is 0 Å². The number of hydrogen-bond donors (Lipinski definition) is 1. The summed E-state index contributed by atoms with van der Waals surface area (Å²) in [5.41, 5.74) is 2.77. The molecule has 1 N–H and O–H groups in total. The largest absolute Gasteiger partial charge is 0.748 e. The van der Waals surface area contributed by atoms with Crippen LogP contribution in [0.1, 0.15) is 60.8 Å². The van der Waals surface area contributed by atoms with Crippen LogP contribution in [0.25, 0.3) is 0 Å². The monoisotopic (exact) mass is 376 g/mol. The molecule has 5 nitrogen and oxygen atoms in total. The van der Waals surface area contributed by atoms with E-state index in [4.69, 9.17) is 9.42 Å². The van der Waals surface area contributed by atoms with Gasteiger partial charge < -0.3 is 0 Å². The van der Waals surface area contributed by atoms with E-state index in [1.807, 2.05) is 13.0 Å². The Labute approximate surface area is 147 Å². The molecule has 0 radical (unpaired) electrons. The fourth-order valence-electron chi connectivity index (χ4n) is 3.07. The van der Waals surface area contributed by atoms with Crippen LogP contribution >= 0.6 is 16.5 Å². The average Bonchev–Trinajstić information content (AvgIpc) is 3.10. The minimum atomic E-state index is -2.91. The lowest BCUT2D eigenvalue weighted by atomic mass is 9.82. The number of rotatable bonds is 10. The lowest BCUT2D eigenvalue weighted by Gasteiger charge is -2.24. The van der Waals surface area contributed by atoms with E-state index in [1.165, 1.54) is 12.0 Å². The van der Waals surface area contributed by atoms with Crippen molar-refractivity contribution in [3.63, 3.8) is 0 Å². The van der Waals surface area contributed by atoms with Crippen molar-refractivity contribution >= 4 is 16.5 Å². The van der Waals surface area contributed by atoms with Gasteiger partial charge in [-0.3, -0.25) is 0 Å². The standard InChI is InChI=1S/C17H29O5P2/c1-12(9-15(4)21-24(20)22-23(18)19)11-17(5,6)8-7-13(2)16-10-14(16)3/h7,9,14-16H,8,10-11H2,1-6H3/q+1/p+1. The van der Waals surface area contributed by atoms with Gasteiger partial charge in [0.1, 0.15) is 6.10 Å². The Morgan fingerprint density at radius 3 is 2.46 bits per heavy atom. The van der Waals surface area contributed by atoms with E-state index in [9.17, 15) is 9.13 Å². The van der Waals surface area contributed by atoms with E-state index in [0.717, 1.165) is 30.3 Å². The highest BCUT2D eigenvalue weighted by Crippen LogP contribution is 2.44. The molecule has 0 aliphatic heterocycles. The zero-order valence-corrected chi connectivity index (χ0v) is 17.3. The molecule has 1 aliphatic rings. The molecule has 0 amide bonds. The molecular formula is C17H30O5P2+2. The smallest absolute Gasteiger partial charge is 0.131 e. The number of hydrogen-bond acceptors (Lipinski definition) is 4. The van der Waals surface area contributed by atoms with Gasteiger partial charge in [0.2, 0.25) is 0 Å². The van der Waals surface area contributed by atoms with Crippen LogP contribution in [0.3, 0.4) is 0 Å². The van der Waals surface area contributed by atoms with Crippen LogP contribution in [0.4, 0.5) is 0 Å². The van der Waals surface area contributed by atoms with Crippen LogP contribution in [0.15, 0.2) is 23.3 Å². The van der Waals surface area contributed by atoms with Crippen molar-refractivity contribution in [2.24, 2.45) is 17.3 Å². The van der Waals surface area contributed by atoms with Crippen molar-refractivity contribution < 1.29 is 22.9 Å². The molecule has 0 bridgehead atoms.